The van der Waals surface area contributed by atoms with Crippen molar-refractivity contribution in [3.8, 4) is 11.8 Å². The molecule has 28 heavy (non-hydrogen) atoms. The largest absolute Gasteiger partial charge is 0.491 e. The molecule has 3 atom stereocenters. The van der Waals surface area contributed by atoms with E-state index in [1.165, 1.54) is 0 Å². The van der Waals surface area contributed by atoms with Gasteiger partial charge in [-0.15, -0.1) is 0 Å². The Balaban J connectivity index is 1.36. The topological polar surface area (TPSA) is 88.8 Å². The number of benzene rings is 1. The number of likely N-dealkylation sites (tertiary alicyclic amines) is 2. The minimum atomic E-state index is -0.553. The molecule has 0 aromatic heterocycles. The SMILES string of the molecule is CC(C)NC(=O)CN1CC2CN(C[C@H](O)COc3ccc(C#N)cc3)CC2C1. The van der Waals surface area contributed by atoms with Gasteiger partial charge in [-0.25, -0.2) is 0 Å². The Kier molecular flexibility index (Phi) is 6.89. The van der Waals surface area contributed by atoms with Crippen LogP contribution < -0.4 is 10.1 Å². The van der Waals surface area contributed by atoms with Crippen molar-refractivity contribution in [3.05, 3.63) is 29.8 Å². The van der Waals surface area contributed by atoms with Gasteiger partial charge in [0, 0.05) is 38.8 Å². The summed E-state index contributed by atoms with van der Waals surface area (Å²) in [6.45, 7) is 9.08. The van der Waals surface area contributed by atoms with Crippen molar-refractivity contribution in [2.75, 3.05) is 45.9 Å². The maximum absolute atomic E-state index is 11.9. The number of nitrogens with zero attached hydrogens (tertiary/aromatic N) is 3. The van der Waals surface area contributed by atoms with Crippen LogP contribution in [0.25, 0.3) is 0 Å². The Morgan fingerprint density at radius 2 is 1.82 bits per heavy atom. The highest BCUT2D eigenvalue weighted by Crippen LogP contribution is 2.30. The van der Waals surface area contributed by atoms with Gasteiger partial charge in [-0.3, -0.25) is 14.6 Å². The summed E-state index contributed by atoms with van der Waals surface area (Å²) >= 11 is 0. The Morgan fingerprint density at radius 1 is 1.21 bits per heavy atom. The predicted octanol–water partition coefficient (Wildman–Crippen LogP) is 0.686. The number of aliphatic hydroxyl groups is 1. The van der Waals surface area contributed by atoms with Gasteiger partial charge in [0.1, 0.15) is 18.5 Å². The van der Waals surface area contributed by atoms with Crippen molar-refractivity contribution in [2.45, 2.75) is 26.0 Å². The molecule has 0 bridgehead atoms. The number of amides is 1. The van der Waals surface area contributed by atoms with Crippen molar-refractivity contribution in [3.63, 3.8) is 0 Å². The van der Waals surface area contributed by atoms with Gasteiger partial charge >= 0.3 is 0 Å². The van der Waals surface area contributed by atoms with E-state index in [4.69, 9.17) is 10.00 Å². The number of rotatable bonds is 8. The average Bonchev–Trinajstić information content (AvgIpc) is 3.17. The predicted molar refractivity (Wildman–Crippen MR) is 106 cm³/mol. The van der Waals surface area contributed by atoms with Crippen molar-refractivity contribution in [1.82, 2.24) is 15.1 Å². The van der Waals surface area contributed by atoms with Crippen LogP contribution in [-0.4, -0.2) is 78.8 Å². The number of aliphatic hydroxyl groups excluding tert-OH is 1. The summed E-state index contributed by atoms with van der Waals surface area (Å²) in [6, 6.07) is 9.15. The summed E-state index contributed by atoms with van der Waals surface area (Å²) in [6.07, 6.45) is -0.553. The fraction of sp³-hybridized carbons (Fsp3) is 0.619. The summed E-state index contributed by atoms with van der Waals surface area (Å²) in [5.74, 6) is 1.89. The van der Waals surface area contributed by atoms with Gasteiger partial charge < -0.3 is 15.2 Å². The normalized spacial score (nSPS) is 23.4. The van der Waals surface area contributed by atoms with Crippen LogP contribution in [0.2, 0.25) is 0 Å². The Morgan fingerprint density at radius 3 is 2.39 bits per heavy atom. The first-order valence-electron chi connectivity index (χ1n) is 9.98. The number of nitrogens with one attached hydrogen (secondary N) is 1. The van der Waals surface area contributed by atoms with E-state index in [1.54, 1.807) is 24.3 Å². The number of carbonyl (C=O) groups is 1. The zero-order chi connectivity index (χ0) is 20.1. The number of carbonyl (C=O) groups excluding carboxylic acids is 1. The molecule has 2 aliphatic rings. The van der Waals surface area contributed by atoms with Crippen LogP contribution in [0, 0.1) is 23.2 Å². The van der Waals surface area contributed by atoms with Crippen LogP contribution in [-0.2, 0) is 4.79 Å². The highest BCUT2D eigenvalue weighted by Gasteiger charge is 2.40. The van der Waals surface area contributed by atoms with Crippen LogP contribution in [0.3, 0.4) is 0 Å². The lowest BCUT2D eigenvalue weighted by Gasteiger charge is -2.23. The van der Waals surface area contributed by atoms with E-state index in [0.29, 0.717) is 36.2 Å². The molecule has 1 aromatic rings. The minimum absolute atomic E-state index is 0.0993. The van der Waals surface area contributed by atoms with Crippen molar-refractivity contribution >= 4 is 5.91 Å². The lowest BCUT2D eigenvalue weighted by atomic mass is 10.0. The molecule has 0 saturated carbocycles. The first-order chi connectivity index (χ1) is 13.4. The van der Waals surface area contributed by atoms with Crippen LogP contribution >= 0.6 is 0 Å². The van der Waals surface area contributed by atoms with Crippen molar-refractivity contribution in [1.29, 1.82) is 5.26 Å². The van der Waals surface area contributed by atoms with E-state index < -0.39 is 6.10 Å². The van der Waals surface area contributed by atoms with Gasteiger partial charge in [0.2, 0.25) is 5.91 Å². The molecule has 2 fully saturated rings. The summed E-state index contributed by atoms with van der Waals surface area (Å²) in [4.78, 5) is 16.5. The molecule has 0 aliphatic carbocycles. The maximum Gasteiger partial charge on any atom is 0.234 e. The van der Waals surface area contributed by atoms with Crippen molar-refractivity contribution in [2.24, 2.45) is 11.8 Å². The number of fused-ring (bicyclic) bond motifs is 1. The zero-order valence-electron chi connectivity index (χ0n) is 16.7. The monoisotopic (exact) mass is 386 g/mol. The molecule has 152 valence electrons. The van der Waals surface area contributed by atoms with Crippen LogP contribution in [0.15, 0.2) is 24.3 Å². The standard InChI is InChI=1S/C21H30N4O3/c1-15(2)23-21(27)13-25-10-17-8-24(9-18(17)11-25)12-19(26)14-28-20-5-3-16(7-22)4-6-20/h3-6,15,17-19,26H,8-14H2,1-2H3,(H,23,27)/t17?,18?,19-/m0/s1. The first kappa shape index (κ1) is 20.6. The third-order valence-electron chi connectivity index (χ3n) is 5.35. The molecule has 2 saturated heterocycles. The van der Waals surface area contributed by atoms with E-state index in [-0.39, 0.29) is 18.6 Å². The number of hydrogen-bond acceptors (Lipinski definition) is 6. The third kappa shape index (κ3) is 5.68. The molecule has 7 nitrogen and oxygen atoms in total. The lowest BCUT2D eigenvalue weighted by molar-refractivity contribution is -0.122. The summed E-state index contributed by atoms with van der Waals surface area (Å²) in [5, 5.41) is 22.1. The lowest BCUT2D eigenvalue weighted by Crippen LogP contribution is -2.41. The van der Waals surface area contributed by atoms with Crippen molar-refractivity contribution < 1.29 is 14.6 Å². The highest BCUT2D eigenvalue weighted by molar-refractivity contribution is 5.78. The van der Waals surface area contributed by atoms with E-state index in [0.717, 1.165) is 26.2 Å². The van der Waals surface area contributed by atoms with Gasteiger partial charge in [-0.05, 0) is 49.9 Å². The Hall–Kier alpha value is -2.14. The minimum Gasteiger partial charge on any atom is -0.491 e. The highest BCUT2D eigenvalue weighted by atomic mass is 16.5. The molecule has 0 spiro atoms. The van der Waals surface area contributed by atoms with Gasteiger partial charge in [0.05, 0.1) is 18.2 Å². The number of β-amino-alcohol motifs (C(OH)–C–C–N with tert-alkyl or cyclic N) is 1. The van der Waals surface area contributed by atoms with E-state index in [9.17, 15) is 9.90 Å². The summed E-state index contributed by atoms with van der Waals surface area (Å²) in [7, 11) is 0. The van der Waals surface area contributed by atoms with Gasteiger partial charge in [0.15, 0.2) is 0 Å². The summed E-state index contributed by atoms with van der Waals surface area (Å²) in [5.41, 5.74) is 0.590. The Labute approximate surface area is 166 Å². The quantitative estimate of drug-likeness (QED) is 0.683. The van der Waals surface area contributed by atoms with Gasteiger partial charge in [-0.2, -0.15) is 5.26 Å². The zero-order valence-corrected chi connectivity index (χ0v) is 16.7. The summed E-state index contributed by atoms with van der Waals surface area (Å²) < 4.78 is 5.63. The second-order valence-electron chi connectivity index (χ2n) is 8.26. The molecule has 7 heteroatoms. The molecular formula is C21H30N4O3. The number of hydrogen-bond donors (Lipinski definition) is 2. The van der Waals surface area contributed by atoms with E-state index in [1.807, 2.05) is 13.8 Å². The average molecular weight is 386 g/mol. The molecule has 1 aromatic carbocycles. The smallest absolute Gasteiger partial charge is 0.234 e. The molecule has 2 heterocycles. The molecule has 3 rings (SSSR count). The van der Waals surface area contributed by atoms with E-state index in [2.05, 4.69) is 21.2 Å². The fourth-order valence-corrected chi connectivity index (χ4v) is 4.21. The molecule has 2 unspecified atom stereocenters. The molecule has 0 radical (unpaired) electrons. The van der Waals surface area contributed by atoms with Crippen LogP contribution in [0.1, 0.15) is 19.4 Å². The third-order valence-corrected chi connectivity index (χ3v) is 5.35. The second-order valence-corrected chi connectivity index (χ2v) is 8.26. The molecule has 2 N–H and O–H groups in total. The fourth-order valence-electron chi connectivity index (χ4n) is 4.21. The molecule has 1 amide bonds. The van der Waals surface area contributed by atoms with Crippen LogP contribution in [0.5, 0.6) is 5.75 Å². The van der Waals surface area contributed by atoms with Gasteiger partial charge in [0.25, 0.3) is 0 Å². The number of nitriles is 1. The first-order valence-corrected chi connectivity index (χ1v) is 9.98. The van der Waals surface area contributed by atoms with E-state index >= 15 is 0 Å². The van der Waals surface area contributed by atoms with Crippen LogP contribution in [0.4, 0.5) is 0 Å². The molecule has 2 aliphatic heterocycles. The molecular weight excluding hydrogens is 356 g/mol. The van der Waals surface area contributed by atoms with Gasteiger partial charge in [-0.1, -0.05) is 0 Å². The second kappa shape index (κ2) is 9.37. The Bertz CT molecular complexity index is 687. The number of ether oxygens (including phenoxy) is 1. The maximum atomic E-state index is 11.9.